The summed E-state index contributed by atoms with van der Waals surface area (Å²) in [5.41, 5.74) is 2.30. The Morgan fingerprint density at radius 3 is 2.70 bits per heavy atom. The van der Waals surface area contributed by atoms with Gasteiger partial charge < -0.3 is 9.67 Å². The molecule has 1 heterocycles. The average molecular weight is 270 g/mol. The molecule has 4 heteroatoms. The molecule has 2 fully saturated rings. The number of fused-ring (bicyclic) bond motifs is 1. The number of rotatable bonds is 4. The summed E-state index contributed by atoms with van der Waals surface area (Å²) in [4.78, 5) is 15.9. The number of hydrogen-bond acceptors (Lipinski definition) is 2. The molecule has 4 rings (SSSR count). The van der Waals surface area contributed by atoms with Crippen molar-refractivity contribution >= 4 is 17.0 Å². The summed E-state index contributed by atoms with van der Waals surface area (Å²) in [7, 11) is 0. The van der Waals surface area contributed by atoms with E-state index >= 15 is 0 Å². The Morgan fingerprint density at radius 1 is 1.30 bits per heavy atom. The molecule has 1 N–H and O–H groups in total. The normalized spacial score (nSPS) is 19.2. The number of nitrogens with zero attached hydrogens (tertiary/aromatic N) is 2. The van der Waals surface area contributed by atoms with Gasteiger partial charge in [-0.2, -0.15) is 0 Å². The van der Waals surface area contributed by atoms with Gasteiger partial charge in [-0.05, 0) is 49.8 Å². The highest BCUT2D eigenvalue weighted by Crippen LogP contribution is 2.42. The Kier molecular flexibility index (Phi) is 2.59. The molecule has 0 spiro atoms. The fraction of sp³-hybridized carbons (Fsp3) is 0.500. The van der Waals surface area contributed by atoms with E-state index in [1.807, 2.05) is 6.07 Å². The second-order valence-electron chi connectivity index (χ2n) is 6.16. The summed E-state index contributed by atoms with van der Waals surface area (Å²) in [5, 5.41) is 9.17. The molecule has 104 valence electrons. The van der Waals surface area contributed by atoms with Crippen molar-refractivity contribution < 1.29 is 9.90 Å². The van der Waals surface area contributed by atoms with E-state index in [9.17, 15) is 9.90 Å². The van der Waals surface area contributed by atoms with E-state index in [0.29, 0.717) is 11.5 Å². The van der Waals surface area contributed by atoms with Gasteiger partial charge in [-0.25, -0.2) is 9.78 Å². The number of aromatic carboxylic acids is 1. The molecule has 0 saturated heterocycles. The fourth-order valence-corrected chi connectivity index (χ4v) is 3.05. The second kappa shape index (κ2) is 4.33. The molecular weight excluding hydrogens is 252 g/mol. The Bertz CT molecular complexity index is 681. The van der Waals surface area contributed by atoms with Crippen molar-refractivity contribution in [1.82, 2.24) is 9.55 Å². The molecule has 2 aliphatic carbocycles. The van der Waals surface area contributed by atoms with Crippen LogP contribution >= 0.6 is 0 Å². The third kappa shape index (κ3) is 1.90. The largest absolute Gasteiger partial charge is 0.478 e. The van der Waals surface area contributed by atoms with Gasteiger partial charge in [0, 0.05) is 12.5 Å². The maximum atomic E-state index is 11.2. The molecule has 0 radical (unpaired) electrons. The van der Waals surface area contributed by atoms with Crippen molar-refractivity contribution in [1.29, 1.82) is 0 Å². The van der Waals surface area contributed by atoms with Gasteiger partial charge in [-0.1, -0.05) is 6.42 Å². The lowest BCUT2D eigenvalue weighted by Crippen LogP contribution is -2.19. The minimum Gasteiger partial charge on any atom is -0.478 e. The standard InChI is InChI=1S/C16H18N2O2/c19-16(20)12-6-7-13-14(8-12)18(9-10-2-1-3-10)15(17-13)11-4-5-11/h6-8,10-11H,1-5,9H2,(H,19,20). The minimum atomic E-state index is -0.865. The fourth-order valence-electron chi connectivity index (χ4n) is 3.05. The zero-order valence-electron chi connectivity index (χ0n) is 11.4. The third-order valence-electron chi connectivity index (χ3n) is 4.63. The lowest BCUT2D eigenvalue weighted by molar-refractivity contribution is 0.0697. The first-order valence-electron chi connectivity index (χ1n) is 7.46. The summed E-state index contributed by atoms with van der Waals surface area (Å²) in [6.07, 6.45) is 6.36. The number of aromatic nitrogens is 2. The number of carbonyl (C=O) groups is 1. The first kappa shape index (κ1) is 11.9. The van der Waals surface area contributed by atoms with E-state index in [1.165, 1.54) is 37.9 Å². The molecular formula is C16H18N2O2. The maximum absolute atomic E-state index is 11.2. The van der Waals surface area contributed by atoms with Crippen molar-refractivity contribution in [3.8, 4) is 0 Å². The van der Waals surface area contributed by atoms with Crippen molar-refractivity contribution in [2.24, 2.45) is 5.92 Å². The van der Waals surface area contributed by atoms with Crippen LogP contribution in [0.2, 0.25) is 0 Å². The monoisotopic (exact) mass is 270 g/mol. The molecule has 0 aliphatic heterocycles. The molecule has 1 aromatic heterocycles. The predicted octanol–water partition coefficient (Wildman–Crippen LogP) is 3.41. The van der Waals surface area contributed by atoms with E-state index in [4.69, 9.17) is 4.98 Å². The minimum absolute atomic E-state index is 0.356. The van der Waals surface area contributed by atoms with Crippen LogP contribution in [0.4, 0.5) is 0 Å². The molecule has 4 nitrogen and oxygen atoms in total. The lowest BCUT2D eigenvalue weighted by Gasteiger charge is -2.26. The summed E-state index contributed by atoms with van der Waals surface area (Å²) < 4.78 is 2.29. The molecule has 1 aromatic carbocycles. The first-order chi connectivity index (χ1) is 9.72. The number of imidazole rings is 1. The van der Waals surface area contributed by atoms with Crippen LogP contribution in [0.15, 0.2) is 18.2 Å². The van der Waals surface area contributed by atoms with Crippen molar-refractivity contribution in [3.05, 3.63) is 29.6 Å². The molecule has 2 saturated carbocycles. The number of benzene rings is 1. The smallest absolute Gasteiger partial charge is 0.335 e. The van der Waals surface area contributed by atoms with E-state index in [1.54, 1.807) is 12.1 Å². The van der Waals surface area contributed by atoms with Crippen LogP contribution in [0, 0.1) is 5.92 Å². The molecule has 0 amide bonds. The second-order valence-corrected chi connectivity index (χ2v) is 6.16. The van der Waals surface area contributed by atoms with Crippen LogP contribution in [0.1, 0.15) is 54.2 Å². The summed E-state index contributed by atoms with van der Waals surface area (Å²) in [5.74, 6) is 1.65. The van der Waals surface area contributed by atoms with E-state index in [0.717, 1.165) is 23.5 Å². The molecule has 0 bridgehead atoms. The highest BCUT2D eigenvalue weighted by atomic mass is 16.4. The summed E-state index contributed by atoms with van der Waals surface area (Å²) in [6.45, 7) is 1.01. The van der Waals surface area contributed by atoms with Crippen LogP contribution in [-0.2, 0) is 6.54 Å². The summed E-state index contributed by atoms with van der Waals surface area (Å²) in [6, 6.07) is 5.29. The topological polar surface area (TPSA) is 55.1 Å². The number of carboxylic acids is 1. The van der Waals surface area contributed by atoms with Gasteiger partial charge in [-0.15, -0.1) is 0 Å². The van der Waals surface area contributed by atoms with Crippen LogP contribution in [0.25, 0.3) is 11.0 Å². The van der Waals surface area contributed by atoms with E-state index in [2.05, 4.69) is 4.57 Å². The van der Waals surface area contributed by atoms with Gasteiger partial charge in [0.05, 0.1) is 16.6 Å². The van der Waals surface area contributed by atoms with Crippen LogP contribution < -0.4 is 0 Å². The van der Waals surface area contributed by atoms with Gasteiger partial charge in [0.2, 0.25) is 0 Å². The number of hydrogen-bond donors (Lipinski definition) is 1. The van der Waals surface area contributed by atoms with E-state index < -0.39 is 5.97 Å². The predicted molar refractivity (Wildman–Crippen MR) is 76.0 cm³/mol. The lowest BCUT2D eigenvalue weighted by atomic mass is 9.85. The average Bonchev–Trinajstić information content (AvgIpc) is 3.16. The highest BCUT2D eigenvalue weighted by molar-refractivity contribution is 5.92. The summed E-state index contributed by atoms with van der Waals surface area (Å²) >= 11 is 0. The van der Waals surface area contributed by atoms with Crippen molar-refractivity contribution in [2.45, 2.75) is 44.6 Å². The molecule has 2 aliphatic rings. The van der Waals surface area contributed by atoms with Crippen LogP contribution in [0.3, 0.4) is 0 Å². The molecule has 2 aromatic rings. The third-order valence-corrected chi connectivity index (χ3v) is 4.63. The first-order valence-corrected chi connectivity index (χ1v) is 7.46. The quantitative estimate of drug-likeness (QED) is 0.926. The Labute approximate surface area is 117 Å². The van der Waals surface area contributed by atoms with Gasteiger partial charge in [0.25, 0.3) is 0 Å². The Balaban J connectivity index is 1.83. The Hall–Kier alpha value is -1.84. The Morgan fingerprint density at radius 2 is 2.10 bits per heavy atom. The zero-order chi connectivity index (χ0) is 13.7. The van der Waals surface area contributed by atoms with Crippen molar-refractivity contribution in [2.75, 3.05) is 0 Å². The van der Waals surface area contributed by atoms with Gasteiger partial charge in [0.15, 0.2) is 0 Å². The number of carboxylic acid groups (broad SMARTS) is 1. The van der Waals surface area contributed by atoms with E-state index in [-0.39, 0.29) is 0 Å². The SMILES string of the molecule is O=C(O)c1ccc2nc(C3CC3)n(CC3CCC3)c2c1. The molecule has 0 unspecified atom stereocenters. The highest BCUT2D eigenvalue weighted by Gasteiger charge is 2.31. The zero-order valence-corrected chi connectivity index (χ0v) is 11.4. The van der Waals surface area contributed by atoms with Crippen LogP contribution in [0.5, 0.6) is 0 Å². The molecule has 20 heavy (non-hydrogen) atoms. The molecule has 0 atom stereocenters. The van der Waals surface area contributed by atoms with Crippen molar-refractivity contribution in [3.63, 3.8) is 0 Å². The van der Waals surface area contributed by atoms with Gasteiger partial charge >= 0.3 is 5.97 Å². The van der Waals surface area contributed by atoms with Crippen LogP contribution in [-0.4, -0.2) is 20.6 Å². The maximum Gasteiger partial charge on any atom is 0.335 e. The van der Waals surface area contributed by atoms with Gasteiger partial charge in [0.1, 0.15) is 5.82 Å². The van der Waals surface area contributed by atoms with Gasteiger partial charge in [-0.3, -0.25) is 0 Å².